The highest BCUT2D eigenvalue weighted by Gasteiger charge is 2.33. The molecule has 0 spiro atoms. The molecule has 0 bridgehead atoms. The third kappa shape index (κ3) is 6.38. The molecule has 1 amide bonds. The first-order chi connectivity index (χ1) is 9.76. The number of hydrogen-bond acceptors (Lipinski definition) is 4. The lowest BCUT2D eigenvalue weighted by atomic mass is 10.1. The average Bonchev–Trinajstić information content (AvgIpc) is 2.37. The third-order valence-corrected chi connectivity index (χ3v) is 2.63. The number of carbonyl (C=O) groups excluding carboxylic acids is 1. The van der Waals surface area contributed by atoms with Crippen molar-refractivity contribution in [1.82, 2.24) is 10.2 Å². The van der Waals surface area contributed by atoms with Crippen molar-refractivity contribution in [2.45, 2.75) is 46.3 Å². The molecule has 5 nitrogen and oxygen atoms in total. The molecule has 1 heterocycles. The minimum atomic E-state index is -0.463. The third-order valence-electron chi connectivity index (χ3n) is 2.63. The second kappa shape index (κ2) is 8.39. The van der Waals surface area contributed by atoms with Gasteiger partial charge in [-0.2, -0.15) is 0 Å². The van der Waals surface area contributed by atoms with Crippen LogP contribution in [-0.2, 0) is 4.74 Å². The Morgan fingerprint density at radius 3 is 2.19 bits per heavy atom. The van der Waals surface area contributed by atoms with Crippen LogP contribution in [0.2, 0.25) is 0 Å². The average molecular weight is 295 g/mol. The molecule has 1 aliphatic rings. The molecule has 1 fully saturated rings. The van der Waals surface area contributed by atoms with Gasteiger partial charge in [0.05, 0.1) is 17.4 Å². The van der Waals surface area contributed by atoms with E-state index in [-0.39, 0.29) is 12.1 Å². The maximum absolute atomic E-state index is 11.7. The molecule has 0 aromatic heterocycles. The van der Waals surface area contributed by atoms with E-state index in [0.29, 0.717) is 18.8 Å². The van der Waals surface area contributed by atoms with Crippen LogP contribution >= 0.6 is 0 Å². The summed E-state index contributed by atoms with van der Waals surface area (Å²) < 4.78 is 5.28. The molecular formula is C16H29N3O2. The SMILES string of the molecule is C=C/C(N)=C(\C=C)NC1CN(C(=O)OC(C)(C)C)C1.CC. The molecule has 0 saturated carbocycles. The van der Waals surface area contributed by atoms with Crippen molar-refractivity contribution in [3.63, 3.8) is 0 Å². The van der Waals surface area contributed by atoms with Crippen LogP contribution in [0.4, 0.5) is 4.79 Å². The van der Waals surface area contributed by atoms with E-state index < -0.39 is 5.60 Å². The summed E-state index contributed by atoms with van der Waals surface area (Å²) in [6, 6.07) is 0.166. The van der Waals surface area contributed by atoms with Crippen molar-refractivity contribution >= 4 is 6.09 Å². The lowest BCUT2D eigenvalue weighted by molar-refractivity contribution is 0.00635. The molecule has 3 N–H and O–H groups in total. The summed E-state index contributed by atoms with van der Waals surface area (Å²) in [7, 11) is 0. The van der Waals surface area contributed by atoms with Crippen LogP contribution in [0.5, 0.6) is 0 Å². The zero-order chi connectivity index (χ0) is 16.6. The van der Waals surface area contributed by atoms with E-state index in [1.165, 1.54) is 0 Å². The van der Waals surface area contributed by atoms with Crippen molar-refractivity contribution in [3.05, 3.63) is 36.7 Å². The van der Waals surface area contributed by atoms with Gasteiger partial charge in [-0.15, -0.1) is 0 Å². The second-order valence-electron chi connectivity index (χ2n) is 5.50. The van der Waals surface area contributed by atoms with E-state index in [9.17, 15) is 4.79 Å². The molecule has 0 aliphatic carbocycles. The van der Waals surface area contributed by atoms with Crippen LogP contribution in [0.25, 0.3) is 0 Å². The fourth-order valence-electron chi connectivity index (χ4n) is 1.64. The van der Waals surface area contributed by atoms with Crippen LogP contribution in [0.3, 0.4) is 0 Å². The Morgan fingerprint density at radius 2 is 1.81 bits per heavy atom. The van der Waals surface area contributed by atoms with Crippen molar-refractivity contribution in [2.75, 3.05) is 13.1 Å². The monoisotopic (exact) mass is 295 g/mol. The van der Waals surface area contributed by atoms with Crippen LogP contribution in [0, 0.1) is 0 Å². The number of likely N-dealkylation sites (tertiary alicyclic amines) is 1. The van der Waals surface area contributed by atoms with Gasteiger partial charge in [0.2, 0.25) is 0 Å². The first kappa shape index (κ1) is 19.1. The van der Waals surface area contributed by atoms with Crippen molar-refractivity contribution in [3.8, 4) is 0 Å². The molecule has 1 aliphatic heterocycles. The number of carbonyl (C=O) groups is 1. The molecule has 21 heavy (non-hydrogen) atoms. The van der Waals surface area contributed by atoms with Crippen LogP contribution in [-0.4, -0.2) is 35.7 Å². The minimum absolute atomic E-state index is 0.166. The lowest BCUT2D eigenvalue weighted by Crippen LogP contribution is -2.60. The molecule has 0 unspecified atom stereocenters. The fourth-order valence-corrected chi connectivity index (χ4v) is 1.64. The quantitative estimate of drug-likeness (QED) is 0.783. The van der Waals surface area contributed by atoms with Crippen LogP contribution < -0.4 is 11.1 Å². The number of hydrogen-bond donors (Lipinski definition) is 2. The molecule has 0 aromatic rings. The molecular weight excluding hydrogens is 266 g/mol. The van der Waals surface area contributed by atoms with Gasteiger partial charge in [-0.1, -0.05) is 27.0 Å². The first-order valence-electron chi connectivity index (χ1n) is 7.26. The summed E-state index contributed by atoms with van der Waals surface area (Å²) in [6.07, 6.45) is 2.92. The Morgan fingerprint density at radius 1 is 1.29 bits per heavy atom. The Kier molecular flexibility index (Phi) is 7.63. The Bertz CT molecular complexity index is 402. The number of allylic oxidation sites excluding steroid dienone is 2. The largest absolute Gasteiger partial charge is 0.444 e. The van der Waals surface area contributed by atoms with Gasteiger partial charge in [0.1, 0.15) is 5.60 Å². The van der Waals surface area contributed by atoms with E-state index in [4.69, 9.17) is 10.5 Å². The number of ether oxygens (including phenoxy) is 1. The van der Waals surface area contributed by atoms with Gasteiger partial charge in [-0.05, 0) is 32.9 Å². The zero-order valence-electron chi connectivity index (χ0n) is 13.9. The van der Waals surface area contributed by atoms with Gasteiger partial charge in [-0.3, -0.25) is 0 Å². The van der Waals surface area contributed by atoms with Crippen LogP contribution in [0.1, 0.15) is 34.6 Å². The Labute approximate surface area is 128 Å². The summed E-state index contributed by atoms with van der Waals surface area (Å²) in [4.78, 5) is 13.4. The first-order valence-corrected chi connectivity index (χ1v) is 7.26. The highest BCUT2D eigenvalue weighted by molar-refractivity contribution is 5.69. The normalized spacial score (nSPS) is 15.8. The summed E-state index contributed by atoms with van der Waals surface area (Å²) >= 11 is 0. The van der Waals surface area contributed by atoms with E-state index in [1.54, 1.807) is 17.1 Å². The molecule has 1 rings (SSSR count). The summed E-state index contributed by atoms with van der Waals surface area (Å²) in [5.74, 6) is 0. The van der Waals surface area contributed by atoms with Crippen molar-refractivity contribution in [1.29, 1.82) is 0 Å². The van der Waals surface area contributed by atoms with Gasteiger partial charge in [0.15, 0.2) is 0 Å². The van der Waals surface area contributed by atoms with Gasteiger partial charge >= 0.3 is 6.09 Å². The van der Waals surface area contributed by atoms with Gasteiger partial charge in [0.25, 0.3) is 0 Å². The molecule has 120 valence electrons. The minimum Gasteiger partial charge on any atom is -0.444 e. The maximum atomic E-state index is 11.7. The van der Waals surface area contributed by atoms with Gasteiger partial charge in [0, 0.05) is 13.1 Å². The molecule has 1 saturated heterocycles. The predicted molar refractivity (Wildman–Crippen MR) is 87.7 cm³/mol. The van der Waals surface area contributed by atoms with Gasteiger partial charge < -0.3 is 20.7 Å². The highest BCUT2D eigenvalue weighted by atomic mass is 16.6. The maximum Gasteiger partial charge on any atom is 0.410 e. The van der Waals surface area contributed by atoms with Crippen molar-refractivity contribution in [2.24, 2.45) is 5.73 Å². The number of rotatable bonds is 4. The zero-order valence-corrected chi connectivity index (χ0v) is 13.9. The number of nitrogens with one attached hydrogen (secondary N) is 1. The van der Waals surface area contributed by atoms with E-state index in [1.807, 2.05) is 34.6 Å². The summed E-state index contributed by atoms with van der Waals surface area (Å²) in [5, 5.41) is 3.22. The molecule has 0 radical (unpaired) electrons. The summed E-state index contributed by atoms with van der Waals surface area (Å²) in [6.45, 7) is 18.0. The fraction of sp³-hybridized carbons (Fsp3) is 0.562. The van der Waals surface area contributed by atoms with E-state index in [0.717, 1.165) is 5.70 Å². The second-order valence-corrected chi connectivity index (χ2v) is 5.50. The summed E-state index contributed by atoms with van der Waals surface area (Å²) in [5.41, 5.74) is 6.58. The van der Waals surface area contributed by atoms with Crippen LogP contribution in [0.15, 0.2) is 36.7 Å². The topological polar surface area (TPSA) is 67.6 Å². The highest BCUT2D eigenvalue weighted by Crippen LogP contribution is 2.16. The lowest BCUT2D eigenvalue weighted by Gasteiger charge is -2.40. The molecule has 0 aromatic carbocycles. The Balaban J connectivity index is 0.00000191. The number of nitrogens with zero attached hydrogens (tertiary/aromatic N) is 1. The molecule has 5 heteroatoms. The number of amides is 1. The Hall–Kier alpha value is -1.91. The van der Waals surface area contributed by atoms with E-state index in [2.05, 4.69) is 18.5 Å². The van der Waals surface area contributed by atoms with E-state index >= 15 is 0 Å². The van der Waals surface area contributed by atoms with Crippen molar-refractivity contribution < 1.29 is 9.53 Å². The van der Waals surface area contributed by atoms with Gasteiger partial charge in [-0.25, -0.2) is 4.79 Å². The smallest absolute Gasteiger partial charge is 0.410 e. The standard InChI is InChI=1S/C14H23N3O2.C2H6/c1-6-11(15)12(7-2)16-10-8-17(9-10)13(18)19-14(3,4)5;1-2/h6-7,10,16H,1-2,8-9,15H2,3-5H3;1-2H3/b12-11-;. The number of nitrogens with two attached hydrogens (primary N) is 1. The predicted octanol–water partition coefficient (Wildman–Crippen LogP) is 2.76. The molecule has 0 atom stereocenters.